The number of ketones is 2. The minimum Gasteiger partial charge on any atom is -0.508 e. The van der Waals surface area contributed by atoms with Crippen molar-refractivity contribution in [2.75, 3.05) is 0 Å². The molecule has 3 heteroatoms. The largest absolute Gasteiger partial charge is 0.508 e. The van der Waals surface area contributed by atoms with Crippen LogP contribution in [0, 0.1) is 5.92 Å². The first-order valence-electron chi connectivity index (χ1n) is 5.39. The van der Waals surface area contributed by atoms with Crippen molar-refractivity contribution in [3.63, 3.8) is 0 Å². The van der Waals surface area contributed by atoms with Gasteiger partial charge in [-0.2, -0.15) is 0 Å². The van der Waals surface area contributed by atoms with E-state index in [9.17, 15) is 9.59 Å². The normalized spacial score (nSPS) is 12.1. The van der Waals surface area contributed by atoms with Gasteiger partial charge < -0.3 is 5.11 Å². The maximum absolute atomic E-state index is 11.7. The molecule has 1 aromatic rings. The van der Waals surface area contributed by atoms with Crippen LogP contribution in [0.15, 0.2) is 24.3 Å². The Hall–Kier alpha value is -1.64. The third kappa shape index (κ3) is 3.19. The summed E-state index contributed by atoms with van der Waals surface area (Å²) in [4.78, 5) is 23.2. The summed E-state index contributed by atoms with van der Waals surface area (Å²) in [6, 6.07) is 5.95. The van der Waals surface area contributed by atoms with Crippen LogP contribution in [-0.2, 0) is 4.79 Å². The van der Waals surface area contributed by atoms with Gasteiger partial charge in [0, 0.05) is 11.5 Å². The average Bonchev–Trinajstić information content (AvgIpc) is 2.28. The maximum atomic E-state index is 11.7. The maximum Gasteiger partial charge on any atom is 0.170 e. The van der Waals surface area contributed by atoms with Gasteiger partial charge in [-0.05, 0) is 30.7 Å². The van der Waals surface area contributed by atoms with E-state index in [1.807, 2.05) is 13.8 Å². The van der Waals surface area contributed by atoms with Crippen LogP contribution in [0.5, 0.6) is 5.75 Å². The fraction of sp³-hybridized carbons (Fsp3) is 0.385. The summed E-state index contributed by atoms with van der Waals surface area (Å²) >= 11 is 0. The van der Waals surface area contributed by atoms with E-state index in [4.69, 9.17) is 5.11 Å². The highest BCUT2D eigenvalue weighted by Gasteiger charge is 2.16. The molecule has 0 radical (unpaired) electrons. The van der Waals surface area contributed by atoms with Crippen molar-refractivity contribution >= 4 is 11.6 Å². The number of hydrogen-bond acceptors (Lipinski definition) is 3. The summed E-state index contributed by atoms with van der Waals surface area (Å²) in [5.41, 5.74) is 0.467. The molecule has 0 aliphatic rings. The molecule has 1 atom stereocenters. The lowest BCUT2D eigenvalue weighted by Gasteiger charge is -2.06. The number of phenols is 1. The summed E-state index contributed by atoms with van der Waals surface area (Å²) in [5, 5.41) is 9.07. The van der Waals surface area contributed by atoms with E-state index >= 15 is 0 Å². The van der Waals surface area contributed by atoms with E-state index < -0.39 is 0 Å². The van der Waals surface area contributed by atoms with Crippen molar-refractivity contribution in [2.24, 2.45) is 5.92 Å². The van der Waals surface area contributed by atoms with Gasteiger partial charge in [0.2, 0.25) is 0 Å². The third-order valence-corrected chi connectivity index (χ3v) is 2.69. The zero-order valence-electron chi connectivity index (χ0n) is 9.56. The number of phenolic OH excluding ortho intramolecular Hbond substituents is 1. The number of aromatic hydroxyl groups is 1. The first kappa shape index (κ1) is 12.4. The van der Waals surface area contributed by atoms with Crippen LogP contribution in [-0.4, -0.2) is 16.7 Å². The molecule has 0 aromatic heterocycles. The molecule has 0 saturated carbocycles. The van der Waals surface area contributed by atoms with Crippen LogP contribution in [0.25, 0.3) is 0 Å². The molecule has 0 amide bonds. The standard InChI is InChI=1S/C13H16O3/c1-3-9(2)12(15)8-13(16)10-4-6-11(14)7-5-10/h4-7,9,14H,3,8H2,1-2H3. The first-order chi connectivity index (χ1) is 7.54. The molecule has 1 N–H and O–H groups in total. The second kappa shape index (κ2) is 5.45. The van der Waals surface area contributed by atoms with Gasteiger partial charge in [0.05, 0.1) is 6.42 Å². The number of hydrogen-bond donors (Lipinski definition) is 1. The van der Waals surface area contributed by atoms with Crippen molar-refractivity contribution in [3.05, 3.63) is 29.8 Å². The van der Waals surface area contributed by atoms with E-state index in [1.165, 1.54) is 24.3 Å². The third-order valence-electron chi connectivity index (χ3n) is 2.69. The topological polar surface area (TPSA) is 54.4 Å². The van der Waals surface area contributed by atoms with Crippen LogP contribution in [0.2, 0.25) is 0 Å². The van der Waals surface area contributed by atoms with Gasteiger partial charge in [-0.15, -0.1) is 0 Å². The van der Waals surface area contributed by atoms with Crippen molar-refractivity contribution in [3.8, 4) is 5.75 Å². The molecule has 0 saturated heterocycles. The molecule has 0 fully saturated rings. The highest BCUT2D eigenvalue weighted by molar-refractivity contribution is 6.08. The second-order valence-electron chi connectivity index (χ2n) is 3.92. The lowest BCUT2D eigenvalue weighted by molar-refractivity contribution is -0.121. The quantitative estimate of drug-likeness (QED) is 0.613. The Morgan fingerprint density at radius 1 is 1.25 bits per heavy atom. The number of carbonyl (C=O) groups is 2. The first-order valence-corrected chi connectivity index (χ1v) is 5.39. The van der Waals surface area contributed by atoms with Crippen molar-refractivity contribution in [2.45, 2.75) is 26.7 Å². The fourth-order valence-corrected chi connectivity index (χ4v) is 1.31. The van der Waals surface area contributed by atoms with Crippen molar-refractivity contribution in [1.29, 1.82) is 0 Å². The van der Waals surface area contributed by atoms with Crippen molar-refractivity contribution < 1.29 is 14.7 Å². The Labute approximate surface area is 95.1 Å². The van der Waals surface area contributed by atoms with Gasteiger partial charge in [-0.3, -0.25) is 9.59 Å². The van der Waals surface area contributed by atoms with Crippen LogP contribution in [0.4, 0.5) is 0 Å². The van der Waals surface area contributed by atoms with Gasteiger partial charge in [0.1, 0.15) is 11.5 Å². The summed E-state index contributed by atoms with van der Waals surface area (Å²) in [5.74, 6) is -0.170. The molecule has 0 aliphatic carbocycles. The summed E-state index contributed by atoms with van der Waals surface area (Å²) in [6.45, 7) is 3.75. The fourth-order valence-electron chi connectivity index (χ4n) is 1.31. The van der Waals surface area contributed by atoms with E-state index in [1.54, 1.807) is 0 Å². The minimum atomic E-state index is -0.190. The van der Waals surface area contributed by atoms with E-state index in [0.717, 1.165) is 6.42 Å². The van der Waals surface area contributed by atoms with Crippen LogP contribution in [0.1, 0.15) is 37.0 Å². The van der Waals surface area contributed by atoms with Gasteiger partial charge in [-0.1, -0.05) is 13.8 Å². The smallest absolute Gasteiger partial charge is 0.170 e. The van der Waals surface area contributed by atoms with Crippen LogP contribution < -0.4 is 0 Å². The molecule has 1 unspecified atom stereocenters. The SMILES string of the molecule is CCC(C)C(=O)CC(=O)c1ccc(O)cc1. The molecule has 86 valence electrons. The molecule has 0 aliphatic heterocycles. The Kier molecular flexibility index (Phi) is 4.23. The van der Waals surface area contributed by atoms with E-state index in [-0.39, 0.29) is 29.7 Å². The van der Waals surface area contributed by atoms with Crippen LogP contribution in [0.3, 0.4) is 0 Å². The number of Topliss-reactive ketones (excluding diaryl/α,β-unsaturated/α-hetero) is 2. The van der Waals surface area contributed by atoms with Crippen LogP contribution >= 0.6 is 0 Å². The zero-order valence-corrected chi connectivity index (χ0v) is 9.56. The predicted molar refractivity (Wildman–Crippen MR) is 61.5 cm³/mol. The summed E-state index contributed by atoms with van der Waals surface area (Å²) in [7, 11) is 0. The molecular weight excluding hydrogens is 204 g/mol. The Balaban J connectivity index is 2.66. The molecule has 0 bridgehead atoms. The Morgan fingerprint density at radius 3 is 2.31 bits per heavy atom. The molecule has 1 aromatic carbocycles. The minimum absolute atomic E-state index is 0.0272. The predicted octanol–water partition coefficient (Wildman–Crippen LogP) is 2.58. The molecular formula is C13H16O3. The molecule has 1 rings (SSSR count). The van der Waals surface area contributed by atoms with Crippen molar-refractivity contribution in [1.82, 2.24) is 0 Å². The van der Waals surface area contributed by atoms with Gasteiger partial charge in [0.15, 0.2) is 5.78 Å². The monoisotopic (exact) mass is 220 g/mol. The molecule has 3 nitrogen and oxygen atoms in total. The Morgan fingerprint density at radius 2 is 1.81 bits per heavy atom. The summed E-state index contributed by atoms with van der Waals surface area (Å²) < 4.78 is 0. The Bertz CT molecular complexity index is 379. The molecule has 0 heterocycles. The second-order valence-corrected chi connectivity index (χ2v) is 3.92. The zero-order chi connectivity index (χ0) is 12.1. The number of rotatable bonds is 5. The number of carbonyl (C=O) groups excluding carboxylic acids is 2. The highest BCUT2D eigenvalue weighted by Crippen LogP contribution is 2.13. The average molecular weight is 220 g/mol. The molecule has 0 spiro atoms. The summed E-state index contributed by atoms with van der Waals surface area (Å²) in [6.07, 6.45) is 0.696. The number of benzene rings is 1. The van der Waals surface area contributed by atoms with Gasteiger partial charge >= 0.3 is 0 Å². The van der Waals surface area contributed by atoms with E-state index in [0.29, 0.717) is 5.56 Å². The molecule has 16 heavy (non-hydrogen) atoms. The lowest BCUT2D eigenvalue weighted by atomic mass is 9.97. The van der Waals surface area contributed by atoms with Gasteiger partial charge in [-0.25, -0.2) is 0 Å². The van der Waals surface area contributed by atoms with E-state index in [2.05, 4.69) is 0 Å². The lowest BCUT2D eigenvalue weighted by Crippen LogP contribution is -2.15. The van der Waals surface area contributed by atoms with Gasteiger partial charge in [0.25, 0.3) is 0 Å². The highest BCUT2D eigenvalue weighted by atomic mass is 16.3.